The Morgan fingerprint density at radius 1 is 1.15 bits per heavy atom. The standard InChI is InChI=1S/C16H33N3O/c1-15(13-17-7-12-20-2)19-10-5-16(6-11-19)14-18-8-3-4-9-18/h15-17H,3-14H2,1-2H3. The summed E-state index contributed by atoms with van der Waals surface area (Å²) in [5.41, 5.74) is 0. The molecule has 20 heavy (non-hydrogen) atoms. The van der Waals surface area contributed by atoms with E-state index in [2.05, 4.69) is 22.0 Å². The lowest BCUT2D eigenvalue weighted by atomic mass is 9.95. The number of methoxy groups -OCH3 is 1. The molecule has 1 atom stereocenters. The number of nitrogens with one attached hydrogen (secondary N) is 1. The minimum absolute atomic E-state index is 0.652. The summed E-state index contributed by atoms with van der Waals surface area (Å²) < 4.78 is 5.07. The van der Waals surface area contributed by atoms with Crippen molar-refractivity contribution in [1.82, 2.24) is 15.1 Å². The average molecular weight is 283 g/mol. The van der Waals surface area contributed by atoms with E-state index in [4.69, 9.17) is 4.74 Å². The van der Waals surface area contributed by atoms with Crippen molar-refractivity contribution in [2.45, 2.75) is 38.6 Å². The summed E-state index contributed by atoms with van der Waals surface area (Å²) in [7, 11) is 1.76. The van der Waals surface area contributed by atoms with Crippen LogP contribution >= 0.6 is 0 Å². The molecule has 2 heterocycles. The third-order valence-corrected chi connectivity index (χ3v) is 4.91. The number of piperidine rings is 1. The van der Waals surface area contributed by atoms with Crippen LogP contribution in [0.4, 0.5) is 0 Å². The van der Waals surface area contributed by atoms with Gasteiger partial charge in [-0.25, -0.2) is 0 Å². The van der Waals surface area contributed by atoms with Gasteiger partial charge < -0.3 is 15.0 Å². The molecule has 2 aliphatic rings. The molecule has 0 amide bonds. The van der Waals surface area contributed by atoms with Gasteiger partial charge in [0.25, 0.3) is 0 Å². The van der Waals surface area contributed by atoms with Crippen molar-refractivity contribution in [2.75, 3.05) is 59.5 Å². The smallest absolute Gasteiger partial charge is 0.0587 e. The molecule has 2 aliphatic heterocycles. The van der Waals surface area contributed by atoms with Gasteiger partial charge in [0, 0.05) is 32.8 Å². The highest BCUT2D eigenvalue weighted by molar-refractivity contribution is 4.80. The van der Waals surface area contributed by atoms with Gasteiger partial charge in [0.15, 0.2) is 0 Å². The van der Waals surface area contributed by atoms with Crippen molar-refractivity contribution in [1.29, 1.82) is 0 Å². The first-order chi connectivity index (χ1) is 9.79. The average Bonchev–Trinajstić information content (AvgIpc) is 2.97. The summed E-state index contributed by atoms with van der Waals surface area (Å²) in [5, 5.41) is 3.48. The van der Waals surface area contributed by atoms with Gasteiger partial charge in [-0.05, 0) is 64.7 Å². The zero-order valence-electron chi connectivity index (χ0n) is 13.4. The monoisotopic (exact) mass is 283 g/mol. The van der Waals surface area contributed by atoms with Crippen LogP contribution in [-0.4, -0.2) is 75.4 Å². The Morgan fingerprint density at radius 2 is 1.85 bits per heavy atom. The van der Waals surface area contributed by atoms with Crippen LogP contribution in [0.5, 0.6) is 0 Å². The summed E-state index contributed by atoms with van der Waals surface area (Å²) in [6.45, 7) is 11.8. The zero-order valence-corrected chi connectivity index (χ0v) is 13.4. The Labute approximate surface area is 124 Å². The van der Waals surface area contributed by atoms with Crippen molar-refractivity contribution >= 4 is 0 Å². The van der Waals surface area contributed by atoms with Gasteiger partial charge in [0.2, 0.25) is 0 Å². The third kappa shape index (κ3) is 5.32. The molecule has 2 fully saturated rings. The van der Waals surface area contributed by atoms with Gasteiger partial charge in [-0.15, -0.1) is 0 Å². The number of hydrogen-bond donors (Lipinski definition) is 1. The molecule has 0 spiro atoms. The minimum atomic E-state index is 0.652. The molecule has 1 N–H and O–H groups in total. The quantitative estimate of drug-likeness (QED) is 0.682. The van der Waals surface area contributed by atoms with Gasteiger partial charge in [0.1, 0.15) is 0 Å². The molecule has 0 aliphatic carbocycles. The number of ether oxygens (including phenoxy) is 1. The minimum Gasteiger partial charge on any atom is -0.383 e. The van der Waals surface area contributed by atoms with Crippen molar-refractivity contribution in [3.63, 3.8) is 0 Å². The highest BCUT2D eigenvalue weighted by Gasteiger charge is 2.24. The predicted octanol–water partition coefficient (Wildman–Crippen LogP) is 1.42. The molecular weight excluding hydrogens is 250 g/mol. The van der Waals surface area contributed by atoms with Gasteiger partial charge in [-0.1, -0.05) is 0 Å². The molecule has 2 rings (SSSR count). The molecule has 118 valence electrons. The van der Waals surface area contributed by atoms with E-state index in [-0.39, 0.29) is 0 Å². The van der Waals surface area contributed by atoms with Gasteiger partial charge >= 0.3 is 0 Å². The molecule has 4 heteroatoms. The van der Waals surface area contributed by atoms with Gasteiger partial charge in [0.05, 0.1) is 6.61 Å². The molecule has 0 aromatic carbocycles. The second kappa shape index (κ2) is 8.98. The van der Waals surface area contributed by atoms with Crippen LogP contribution in [0, 0.1) is 5.92 Å². The van der Waals surface area contributed by atoms with Gasteiger partial charge in [-0.2, -0.15) is 0 Å². The predicted molar refractivity (Wildman–Crippen MR) is 84.2 cm³/mol. The van der Waals surface area contributed by atoms with Crippen molar-refractivity contribution in [2.24, 2.45) is 5.92 Å². The number of rotatable bonds is 8. The lowest BCUT2D eigenvalue weighted by Crippen LogP contribution is -2.46. The lowest BCUT2D eigenvalue weighted by Gasteiger charge is -2.37. The van der Waals surface area contributed by atoms with Crippen LogP contribution in [0.25, 0.3) is 0 Å². The second-order valence-corrected chi connectivity index (χ2v) is 6.53. The molecule has 0 saturated carbocycles. The molecule has 0 aromatic heterocycles. The number of likely N-dealkylation sites (tertiary alicyclic amines) is 2. The van der Waals surface area contributed by atoms with Crippen molar-refractivity contribution in [3.05, 3.63) is 0 Å². The van der Waals surface area contributed by atoms with Crippen LogP contribution in [0.2, 0.25) is 0 Å². The van der Waals surface area contributed by atoms with Crippen LogP contribution in [-0.2, 0) is 4.74 Å². The lowest BCUT2D eigenvalue weighted by molar-refractivity contribution is 0.119. The van der Waals surface area contributed by atoms with E-state index >= 15 is 0 Å². The topological polar surface area (TPSA) is 27.7 Å². The highest BCUT2D eigenvalue weighted by Crippen LogP contribution is 2.21. The van der Waals surface area contributed by atoms with Crippen LogP contribution in [0.3, 0.4) is 0 Å². The highest BCUT2D eigenvalue weighted by atomic mass is 16.5. The van der Waals surface area contributed by atoms with Crippen LogP contribution in [0.15, 0.2) is 0 Å². The number of hydrogen-bond acceptors (Lipinski definition) is 4. The SMILES string of the molecule is COCCNCC(C)N1CCC(CN2CCCC2)CC1. The molecule has 2 saturated heterocycles. The first-order valence-electron chi connectivity index (χ1n) is 8.45. The third-order valence-electron chi connectivity index (χ3n) is 4.91. The first-order valence-corrected chi connectivity index (χ1v) is 8.45. The van der Waals surface area contributed by atoms with Crippen molar-refractivity contribution in [3.8, 4) is 0 Å². The molecule has 0 bridgehead atoms. The fourth-order valence-corrected chi connectivity index (χ4v) is 3.52. The maximum Gasteiger partial charge on any atom is 0.0587 e. The Hall–Kier alpha value is -0.160. The number of nitrogens with zero attached hydrogens (tertiary/aromatic N) is 2. The summed E-state index contributed by atoms with van der Waals surface area (Å²) >= 11 is 0. The fourth-order valence-electron chi connectivity index (χ4n) is 3.52. The fraction of sp³-hybridized carbons (Fsp3) is 1.00. The van der Waals surface area contributed by atoms with Crippen LogP contribution in [0.1, 0.15) is 32.6 Å². The largest absolute Gasteiger partial charge is 0.383 e. The zero-order chi connectivity index (χ0) is 14.2. The van der Waals surface area contributed by atoms with E-state index in [0.717, 1.165) is 25.6 Å². The summed E-state index contributed by atoms with van der Waals surface area (Å²) in [6.07, 6.45) is 5.61. The summed E-state index contributed by atoms with van der Waals surface area (Å²) in [4.78, 5) is 5.33. The van der Waals surface area contributed by atoms with Crippen LogP contribution < -0.4 is 5.32 Å². The molecule has 0 aromatic rings. The second-order valence-electron chi connectivity index (χ2n) is 6.53. The van der Waals surface area contributed by atoms with E-state index in [0.29, 0.717) is 6.04 Å². The maximum absolute atomic E-state index is 5.07. The Bertz CT molecular complexity index is 248. The van der Waals surface area contributed by atoms with E-state index in [9.17, 15) is 0 Å². The molecule has 0 radical (unpaired) electrons. The summed E-state index contributed by atoms with van der Waals surface area (Å²) in [5.74, 6) is 0.943. The van der Waals surface area contributed by atoms with Gasteiger partial charge in [-0.3, -0.25) is 4.90 Å². The maximum atomic E-state index is 5.07. The first kappa shape index (κ1) is 16.2. The molecule has 1 unspecified atom stereocenters. The Morgan fingerprint density at radius 3 is 2.50 bits per heavy atom. The van der Waals surface area contributed by atoms with E-state index in [1.165, 1.54) is 58.4 Å². The van der Waals surface area contributed by atoms with E-state index in [1.807, 2.05) is 0 Å². The Balaban J connectivity index is 1.58. The summed E-state index contributed by atoms with van der Waals surface area (Å²) in [6, 6.07) is 0.652. The van der Waals surface area contributed by atoms with E-state index in [1.54, 1.807) is 7.11 Å². The normalized spacial score (nSPS) is 24.3. The molecule has 4 nitrogen and oxygen atoms in total. The van der Waals surface area contributed by atoms with Crippen molar-refractivity contribution < 1.29 is 4.74 Å². The van der Waals surface area contributed by atoms with E-state index < -0.39 is 0 Å². The molecular formula is C16H33N3O. The Kier molecular flexibility index (Phi) is 7.28.